The van der Waals surface area contributed by atoms with E-state index in [0.717, 1.165) is 17.6 Å². The Labute approximate surface area is 147 Å². The maximum Gasteiger partial charge on any atom is 1.00 e. The molecule has 0 aliphatic heterocycles. The fraction of sp³-hybridized carbons (Fsp3) is 0.0909. The maximum atomic E-state index is 11.8. The summed E-state index contributed by atoms with van der Waals surface area (Å²) in [7, 11) is -3.35. The number of nitrogens with zero attached hydrogens (tertiary/aromatic N) is 1. The summed E-state index contributed by atoms with van der Waals surface area (Å²) in [6.07, 6.45) is 2.22. The Morgan fingerprint density at radius 2 is 1.95 bits per heavy atom. The SMILES string of the molecule is CS(=O)(=O)c1cnc(NC(=O)c2ccccc2[O-])s1.O.[Na+]. The molecule has 0 saturated heterocycles. The van der Waals surface area contributed by atoms with Crippen molar-refractivity contribution in [2.75, 3.05) is 11.6 Å². The van der Waals surface area contributed by atoms with Crippen LogP contribution in [-0.2, 0) is 9.84 Å². The molecule has 0 atom stereocenters. The summed E-state index contributed by atoms with van der Waals surface area (Å²) in [4.78, 5) is 15.6. The van der Waals surface area contributed by atoms with E-state index in [2.05, 4.69) is 10.3 Å². The minimum absolute atomic E-state index is 0. The van der Waals surface area contributed by atoms with Gasteiger partial charge in [-0.3, -0.25) is 10.1 Å². The summed E-state index contributed by atoms with van der Waals surface area (Å²) in [6, 6.07) is 5.77. The molecule has 1 aromatic heterocycles. The predicted octanol–water partition coefficient (Wildman–Crippen LogP) is -2.95. The molecular formula is C11H11N2NaO5S2. The van der Waals surface area contributed by atoms with E-state index >= 15 is 0 Å². The van der Waals surface area contributed by atoms with Crippen LogP contribution in [0.2, 0.25) is 0 Å². The van der Waals surface area contributed by atoms with Crippen LogP contribution in [0.3, 0.4) is 0 Å². The quantitative estimate of drug-likeness (QED) is 0.598. The van der Waals surface area contributed by atoms with Gasteiger partial charge in [0.15, 0.2) is 15.0 Å². The van der Waals surface area contributed by atoms with Gasteiger partial charge in [0.25, 0.3) is 5.91 Å². The summed E-state index contributed by atoms with van der Waals surface area (Å²) in [5, 5.41) is 14.0. The van der Waals surface area contributed by atoms with Crippen LogP contribution in [0.15, 0.2) is 34.7 Å². The molecule has 0 radical (unpaired) electrons. The Balaban J connectivity index is 0.00000200. The van der Waals surface area contributed by atoms with Crippen molar-refractivity contribution in [3.63, 3.8) is 0 Å². The number of hydrogen-bond acceptors (Lipinski definition) is 6. The van der Waals surface area contributed by atoms with E-state index in [1.807, 2.05) is 0 Å². The number of aromatic nitrogens is 1. The second kappa shape index (κ2) is 7.87. The number of carbonyl (C=O) groups excluding carboxylic acids is 1. The molecule has 21 heavy (non-hydrogen) atoms. The number of para-hydroxylation sites is 1. The van der Waals surface area contributed by atoms with Crippen LogP contribution in [0.25, 0.3) is 0 Å². The van der Waals surface area contributed by atoms with Crippen LogP contribution in [0.5, 0.6) is 5.75 Å². The number of sulfone groups is 1. The second-order valence-corrected chi connectivity index (χ2v) is 6.98. The van der Waals surface area contributed by atoms with Gasteiger partial charge >= 0.3 is 29.6 Å². The van der Waals surface area contributed by atoms with Gasteiger partial charge in [-0.2, -0.15) is 0 Å². The normalized spacial score (nSPS) is 10.1. The Morgan fingerprint density at radius 3 is 2.48 bits per heavy atom. The zero-order valence-electron chi connectivity index (χ0n) is 11.3. The Hall–Kier alpha value is -0.970. The van der Waals surface area contributed by atoms with E-state index in [0.29, 0.717) is 0 Å². The molecule has 1 amide bonds. The topological polar surface area (TPSA) is 131 Å². The Morgan fingerprint density at radius 1 is 1.33 bits per heavy atom. The third-order valence-corrected chi connectivity index (χ3v) is 4.90. The van der Waals surface area contributed by atoms with E-state index < -0.39 is 21.5 Å². The summed E-state index contributed by atoms with van der Waals surface area (Å²) in [5.74, 6) is -1.01. The van der Waals surface area contributed by atoms with Crippen LogP contribution < -0.4 is 40.0 Å². The number of hydrogen-bond donors (Lipinski definition) is 1. The molecule has 2 rings (SSSR count). The number of amides is 1. The molecule has 7 nitrogen and oxygen atoms in total. The number of thiazole rings is 1. The van der Waals surface area contributed by atoms with Gasteiger partial charge in [-0.15, -0.1) is 0 Å². The molecular weight excluding hydrogens is 327 g/mol. The molecule has 108 valence electrons. The van der Waals surface area contributed by atoms with Crippen molar-refractivity contribution >= 4 is 32.2 Å². The molecule has 0 spiro atoms. The maximum absolute atomic E-state index is 11.8. The molecule has 0 bridgehead atoms. The monoisotopic (exact) mass is 338 g/mol. The average Bonchev–Trinajstić information content (AvgIpc) is 2.77. The largest absolute Gasteiger partial charge is 1.00 e. The van der Waals surface area contributed by atoms with Gasteiger partial charge in [0.05, 0.1) is 6.20 Å². The van der Waals surface area contributed by atoms with Crippen LogP contribution in [0, 0.1) is 0 Å². The molecule has 10 heteroatoms. The van der Waals surface area contributed by atoms with Gasteiger partial charge in [-0.1, -0.05) is 41.4 Å². The molecule has 0 aliphatic rings. The van der Waals surface area contributed by atoms with Crippen molar-refractivity contribution in [1.82, 2.24) is 4.98 Å². The van der Waals surface area contributed by atoms with E-state index in [1.165, 1.54) is 24.4 Å². The Bertz CT molecular complexity index is 730. The molecule has 1 heterocycles. The number of anilines is 1. The molecule has 0 unspecified atom stereocenters. The predicted molar refractivity (Wildman–Crippen MR) is 72.7 cm³/mol. The van der Waals surface area contributed by atoms with E-state index in [9.17, 15) is 18.3 Å². The zero-order valence-corrected chi connectivity index (χ0v) is 14.9. The van der Waals surface area contributed by atoms with Crippen molar-refractivity contribution in [1.29, 1.82) is 0 Å². The summed E-state index contributed by atoms with van der Waals surface area (Å²) in [6.45, 7) is 0. The first-order chi connectivity index (χ1) is 8.88. The fourth-order valence-electron chi connectivity index (χ4n) is 1.31. The van der Waals surface area contributed by atoms with E-state index in [-0.39, 0.29) is 49.9 Å². The molecule has 0 aliphatic carbocycles. The van der Waals surface area contributed by atoms with Crippen molar-refractivity contribution in [2.45, 2.75) is 4.21 Å². The van der Waals surface area contributed by atoms with Crippen molar-refractivity contribution < 1.29 is 53.4 Å². The first-order valence-corrected chi connectivity index (χ1v) is 7.82. The van der Waals surface area contributed by atoms with Gasteiger partial charge in [0.2, 0.25) is 0 Å². The number of nitrogens with one attached hydrogen (secondary N) is 1. The third-order valence-electron chi connectivity index (χ3n) is 2.20. The van der Waals surface area contributed by atoms with E-state index in [1.54, 1.807) is 6.07 Å². The van der Waals surface area contributed by atoms with Gasteiger partial charge in [-0.05, 0) is 0 Å². The van der Waals surface area contributed by atoms with Crippen LogP contribution in [0.1, 0.15) is 10.4 Å². The van der Waals surface area contributed by atoms with Gasteiger partial charge in [0.1, 0.15) is 4.21 Å². The zero-order chi connectivity index (χ0) is 14.0. The van der Waals surface area contributed by atoms with Crippen molar-refractivity contribution in [3.8, 4) is 5.75 Å². The first-order valence-electron chi connectivity index (χ1n) is 5.11. The van der Waals surface area contributed by atoms with E-state index in [4.69, 9.17) is 0 Å². The minimum atomic E-state index is -3.35. The molecule has 3 N–H and O–H groups in total. The van der Waals surface area contributed by atoms with Crippen molar-refractivity contribution in [2.24, 2.45) is 0 Å². The van der Waals surface area contributed by atoms with Crippen molar-refractivity contribution in [3.05, 3.63) is 36.0 Å². The number of benzene rings is 1. The molecule has 2 aromatic rings. The third kappa shape index (κ3) is 5.06. The molecule has 1 aromatic carbocycles. The van der Waals surface area contributed by atoms with Crippen LogP contribution in [0.4, 0.5) is 5.13 Å². The first kappa shape index (κ1) is 20.0. The molecule has 0 fully saturated rings. The minimum Gasteiger partial charge on any atom is -0.872 e. The van der Waals surface area contributed by atoms with Gasteiger partial charge in [0, 0.05) is 11.8 Å². The number of carbonyl (C=O) groups is 1. The summed E-state index contributed by atoms with van der Waals surface area (Å²) < 4.78 is 22.6. The summed E-state index contributed by atoms with van der Waals surface area (Å²) in [5.41, 5.74) is -0.0152. The second-order valence-electron chi connectivity index (χ2n) is 3.71. The number of rotatable bonds is 3. The van der Waals surface area contributed by atoms with Gasteiger partial charge < -0.3 is 10.6 Å². The van der Waals surface area contributed by atoms with Crippen LogP contribution in [-0.4, -0.2) is 31.0 Å². The average molecular weight is 338 g/mol. The summed E-state index contributed by atoms with van der Waals surface area (Å²) >= 11 is 0.836. The van der Waals surface area contributed by atoms with Gasteiger partial charge in [-0.25, -0.2) is 13.4 Å². The standard InChI is InChI=1S/C11H10N2O4S2.Na.H2O/c1-19(16,17)9-6-12-11(18-9)13-10(15)7-4-2-3-5-8(7)14;;/h2-6,14H,1H3,(H,12,13,15);;1H2/q;+1;/p-1. The smallest absolute Gasteiger partial charge is 0.872 e. The molecule has 0 saturated carbocycles. The fourth-order valence-corrected chi connectivity index (χ4v) is 2.94. The Kier molecular flexibility index (Phi) is 7.51. The van der Waals surface area contributed by atoms with Crippen LogP contribution >= 0.6 is 11.3 Å².